The zero-order valence-corrected chi connectivity index (χ0v) is 18.7. The van der Waals surface area contributed by atoms with Crippen LogP contribution in [-0.2, 0) is 12.6 Å². The van der Waals surface area contributed by atoms with Gasteiger partial charge >= 0.3 is 6.18 Å². The van der Waals surface area contributed by atoms with Gasteiger partial charge in [0.25, 0.3) is 5.91 Å². The third-order valence-electron chi connectivity index (χ3n) is 5.79. The summed E-state index contributed by atoms with van der Waals surface area (Å²) in [6.07, 6.45) is -2.33. The summed E-state index contributed by atoms with van der Waals surface area (Å²) in [6, 6.07) is 19.8. The third-order valence-corrected chi connectivity index (χ3v) is 5.79. The molecule has 2 N–H and O–H groups in total. The fraction of sp³-hybridized carbons (Fsp3) is 0.148. The van der Waals surface area contributed by atoms with Gasteiger partial charge in [0.1, 0.15) is 5.69 Å². The molecule has 5 rings (SSSR count). The number of nitrogens with one attached hydrogen (secondary N) is 2. The lowest BCUT2D eigenvalue weighted by molar-refractivity contribution is -0.137. The van der Waals surface area contributed by atoms with Crippen molar-refractivity contribution >= 4 is 27.7 Å². The topological polar surface area (TPSA) is 70.7 Å². The van der Waals surface area contributed by atoms with Crippen LogP contribution in [0.5, 0.6) is 0 Å². The van der Waals surface area contributed by atoms with Gasteiger partial charge in [-0.3, -0.25) is 9.78 Å². The number of pyridine rings is 1. The molecule has 0 aliphatic heterocycles. The van der Waals surface area contributed by atoms with E-state index < -0.39 is 11.7 Å². The van der Waals surface area contributed by atoms with Crippen molar-refractivity contribution in [3.63, 3.8) is 0 Å². The summed E-state index contributed by atoms with van der Waals surface area (Å²) < 4.78 is 38.9. The first-order chi connectivity index (χ1) is 16.8. The number of fused-ring (bicyclic) bond motifs is 2. The lowest BCUT2D eigenvalue weighted by atomic mass is 10.0. The minimum absolute atomic E-state index is 0.278. The van der Waals surface area contributed by atoms with Gasteiger partial charge in [0.2, 0.25) is 0 Å². The Hall–Kier alpha value is -4.20. The molecule has 0 saturated carbocycles. The van der Waals surface area contributed by atoms with E-state index in [4.69, 9.17) is 0 Å². The quantitative estimate of drug-likeness (QED) is 0.321. The molecular formula is C27H21F3N4O. The number of hydrogen-bond donors (Lipinski definition) is 2. The molecule has 2 aromatic heterocycles. The normalized spacial score (nSPS) is 12.7. The lowest BCUT2D eigenvalue weighted by Gasteiger charge is -2.15. The Morgan fingerprint density at radius 1 is 1.00 bits per heavy atom. The Kier molecular flexibility index (Phi) is 5.72. The maximum absolute atomic E-state index is 13.0. The molecule has 1 atom stereocenters. The molecule has 1 amide bonds. The second kappa shape index (κ2) is 8.87. The SMILES string of the molecule is CC(Cc1cccc(C(F)(F)F)c1)NC(=O)c1ccc2nc(-c3cc4ccccc4cn3)[nH]c2c1. The van der Waals surface area contributed by atoms with Gasteiger partial charge in [0.05, 0.1) is 16.6 Å². The number of carbonyl (C=O) groups excluding carboxylic acids is 1. The molecule has 0 fully saturated rings. The van der Waals surface area contributed by atoms with Gasteiger partial charge in [-0.1, -0.05) is 42.5 Å². The number of amides is 1. The van der Waals surface area contributed by atoms with Crippen molar-refractivity contribution in [2.45, 2.75) is 25.6 Å². The van der Waals surface area contributed by atoms with Crippen LogP contribution in [0, 0.1) is 0 Å². The van der Waals surface area contributed by atoms with Crippen molar-refractivity contribution in [2.24, 2.45) is 0 Å². The fourth-order valence-electron chi connectivity index (χ4n) is 4.07. The Labute approximate surface area is 199 Å². The van der Waals surface area contributed by atoms with Crippen LogP contribution >= 0.6 is 0 Å². The zero-order valence-electron chi connectivity index (χ0n) is 18.7. The number of rotatable bonds is 5. The number of halogens is 3. The van der Waals surface area contributed by atoms with Crippen molar-refractivity contribution < 1.29 is 18.0 Å². The van der Waals surface area contributed by atoms with E-state index in [0.29, 0.717) is 33.7 Å². The van der Waals surface area contributed by atoms with Gasteiger partial charge in [0.15, 0.2) is 5.82 Å². The molecule has 0 bridgehead atoms. The Morgan fingerprint density at radius 2 is 1.80 bits per heavy atom. The highest BCUT2D eigenvalue weighted by molar-refractivity contribution is 5.98. The van der Waals surface area contributed by atoms with Crippen LogP contribution in [0.2, 0.25) is 0 Å². The number of alkyl halides is 3. The monoisotopic (exact) mass is 474 g/mol. The second-order valence-corrected chi connectivity index (χ2v) is 8.51. The Balaban J connectivity index is 1.32. The van der Waals surface area contributed by atoms with Crippen molar-refractivity contribution in [1.29, 1.82) is 0 Å². The average Bonchev–Trinajstić information content (AvgIpc) is 3.27. The molecule has 0 saturated heterocycles. The fourth-order valence-corrected chi connectivity index (χ4v) is 4.07. The molecule has 5 nitrogen and oxygen atoms in total. The summed E-state index contributed by atoms with van der Waals surface area (Å²) in [6.45, 7) is 1.76. The lowest BCUT2D eigenvalue weighted by Crippen LogP contribution is -2.34. The van der Waals surface area contributed by atoms with E-state index in [0.717, 1.165) is 22.9 Å². The first-order valence-corrected chi connectivity index (χ1v) is 11.1. The summed E-state index contributed by atoms with van der Waals surface area (Å²) >= 11 is 0. The van der Waals surface area contributed by atoms with Crippen molar-refractivity contribution in [2.75, 3.05) is 0 Å². The molecular weight excluding hydrogens is 453 g/mol. The molecule has 35 heavy (non-hydrogen) atoms. The van der Waals surface area contributed by atoms with Gasteiger partial charge < -0.3 is 10.3 Å². The second-order valence-electron chi connectivity index (χ2n) is 8.51. The van der Waals surface area contributed by atoms with Crippen LogP contribution in [0.25, 0.3) is 33.3 Å². The minimum atomic E-state index is -4.40. The first-order valence-electron chi connectivity index (χ1n) is 11.1. The van der Waals surface area contributed by atoms with Crippen LogP contribution in [-0.4, -0.2) is 26.9 Å². The number of aromatic amines is 1. The van der Waals surface area contributed by atoms with Gasteiger partial charge in [-0.05, 0) is 54.6 Å². The average molecular weight is 474 g/mol. The number of carbonyl (C=O) groups is 1. The third kappa shape index (κ3) is 4.87. The first kappa shape index (κ1) is 22.6. The summed E-state index contributed by atoms with van der Waals surface area (Å²) in [5.74, 6) is 0.285. The molecule has 5 aromatic rings. The molecule has 2 heterocycles. The van der Waals surface area contributed by atoms with Crippen LogP contribution in [0.1, 0.15) is 28.4 Å². The number of H-pyrrole nitrogens is 1. The molecule has 0 radical (unpaired) electrons. The predicted molar refractivity (Wildman–Crippen MR) is 129 cm³/mol. The molecule has 0 aliphatic carbocycles. The molecule has 8 heteroatoms. The van der Waals surface area contributed by atoms with E-state index >= 15 is 0 Å². The largest absolute Gasteiger partial charge is 0.416 e. The van der Waals surface area contributed by atoms with Gasteiger partial charge in [0, 0.05) is 23.2 Å². The van der Waals surface area contributed by atoms with E-state index in [2.05, 4.69) is 20.3 Å². The van der Waals surface area contributed by atoms with E-state index in [1.54, 1.807) is 37.4 Å². The van der Waals surface area contributed by atoms with Gasteiger partial charge in [-0.15, -0.1) is 0 Å². The molecule has 1 unspecified atom stereocenters. The maximum Gasteiger partial charge on any atom is 0.416 e. The molecule has 3 aromatic carbocycles. The van der Waals surface area contributed by atoms with Crippen LogP contribution in [0.15, 0.2) is 79.0 Å². The number of nitrogens with zero attached hydrogens (tertiary/aromatic N) is 2. The highest BCUT2D eigenvalue weighted by Gasteiger charge is 2.30. The van der Waals surface area contributed by atoms with E-state index in [-0.39, 0.29) is 18.4 Å². The smallest absolute Gasteiger partial charge is 0.349 e. The number of imidazole rings is 1. The molecule has 176 valence electrons. The van der Waals surface area contributed by atoms with Gasteiger partial charge in [-0.2, -0.15) is 13.2 Å². The highest BCUT2D eigenvalue weighted by Crippen LogP contribution is 2.30. The summed E-state index contributed by atoms with van der Waals surface area (Å²) in [4.78, 5) is 25.1. The van der Waals surface area contributed by atoms with Crippen LogP contribution < -0.4 is 5.32 Å². The Bertz CT molecular complexity index is 1540. The van der Waals surface area contributed by atoms with E-state index in [1.807, 2.05) is 30.3 Å². The van der Waals surface area contributed by atoms with Gasteiger partial charge in [-0.25, -0.2) is 4.98 Å². The standard InChI is InChI=1S/C27H21F3N4O/c1-16(11-17-5-4-8-21(12-17)27(28,29)30)32-26(35)19-9-10-22-23(14-19)34-25(33-22)24-13-18-6-2-3-7-20(18)15-31-24/h2-10,12-16H,11H2,1H3,(H,32,35)(H,33,34). The Morgan fingerprint density at radius 3 is 2.60 bits per heavy atom. The minimum Gasteiger partial charge on any atom is -0.349 e. The molecule has 0 aliphatic rings. The van der Waals surface area contributed by atoms with Crippen LogP contribution in [0.4, 0.5) is 13.2 Å². The van der Waals surface area contributed by atoms with E-state index in [1.165, 1.54) is 6.07 Å². The summed E-state index contributed by atoms with van der Waals surface area (Å²) in [5, 5.41) is 4.94. The summed E-state index contributed by atoms with van der Waals surface area (Å²) in [5.41, 5.74) is 2.31. The van der Waals surface area contributed by atoms with Crippen molar-refractivity contribution in [1.82, 2.24) is 20.3 Å². The number of benzene rings is 3. The van der Waals surface area contributed by atoms with Crippen molar-refractivity contribution in [3.05, 3.63) is 95.7 Å². The highest BCUT2D eigenvalue weighted by atomic mass is 19.4. The number of aromatic nitrogens is 3. The molecule has 0 spiro atoms. The number of hydrogen-bond acceptors (Lipinski definition) is 3. The predicted octanol–water partition coefficient (Wildman–Crippen LogP) is 6.16. The maximum atomic E-state index is 13.0. The van der Waals surface area contributed by atoms with Crippen LogP contribution in [0.3, 0.4) is 0 Å². The zero-order chi connectivity index (χ0) is 24.6. The van der Waals surface area contributed by atoms with E-state index in [9.17, 15) is 18.0 Å². The van der Waals surface area contributed by atoms with Crippen molar-refractivity contribution in [3.8, 4) is 11.5 Å². The summed E-state index contributed by atoms with van der Waals surface area (Å²) in [7, 11) is 0.